The van der Waals surface area contributed by atoms with Crippen LogP contribution in [-0.2, 0) is 0 Å². The molecule has 2 N–H and O–H groups in total. The predicted octanol–water partition coefficient (Wildman–Crippen LogP) is 2.40. The number of hydrogen-bond acceptors (Lipinski definition) is 3. The molecule has 2 aromatic rings. The zero-order valence-electron chi connectivity index (χ0n) is 13.3. The molecule has 118 valence electrons. The Hall–Kier alpha value is -2.14. The molecule has 0 radical (unpaired) electrons. The molecule has 1 unspecified atom stereocenters. The quantitative estimate of drug-likeness (QED) is 0.861. The highest BCUT2D eigenvalue weighted by molar-refractivity contribution is 5.94. The van der Waals surface area contributed by atoms with E-state index in [0.717, 1.165) is 5.69 Å². The molecular weight excluding hydrogens is 278 g/mol. The Morgan fingerprint density at radius 1 is 1.36 bits per heavy atom. The Kier molecular flexibility index (Phi) is 4.98. The molecule has 0 aliphatic carbocycles. The van der Waals surface area contributed by atoms with Crippen LogP contribution in [0.3, 0.4) is 0 Å². The van der Waals surface area contributed by atoms with E-state index in [4.69, 9.17) is 0 Å². The van der Waals surface area contributed by atoms with E-state index in [1.807, 2.05) is 38.2 Å². The predicted molar refractivity (Wildman–Crippen MR) is 86.0 cm³/mol. The van der Waals surface area contributed by atoms with Crippen molar-refractivity contribution in [2.75, 3.05) is 6.54 Å². The zero-order chi connectivity index (χ0) is 16.2. The number of nitrogens with one attached hydrogen (secondary N) is 1. The summed E-state index contributed by atoms with van der Waals surface area (Å²) in [6.45, 7) is 6.34. The maximum absolute atomic E-state index is 12.2. The molecule has 1 amide bonds. The summed E-state index contributed by atoms with van der Waals surface area (Å²) >= 11 is 0. The highest BCUT2D eigenvalue weighted by atomic mass is 16.3. The molecule has 1 aromatic carbocycles. The normalized spacial score (nSPS) is 12.9. The molecule has 1 atom stereocenters. The lowest BCUT2D eigenvalue weighted by Crippen LogP contribution is -2.35. The van der Waals surface area contributed by atoms with Crippen LogP contribution in [0, 0.1) is 5.41 Å². The van der Waals surface area contributed by atoms with Crippen molar-refractivity contribution in [2.45, 2.75) is 33.3 Å². The van der Waals surface area contributed by atoms with Gasteiger partial charge in [-0.2, -0.15) is 5.10 Å². The maximum atomic E-state index is 12.2. The zero-order valence-corrected chi connectivity index (χ0v) is 13.3. The van der Waals surface area contributed by atoms with Crippen molar-refractivity contribution in [1.29, 1.82) is 0 Å². The number of benzene rings is 1. The summed E-state index contributed by atoms with van der Waals surface area (Å²) in [4.78, 5) is 12.2. The molecule has 1 aromatic heterocycles. The molecule has 0 aliphatic rings. The first-order valence-corrected chi connectivity index (χ1v) is 7.44. The van der Waals surface area contributed by atoms with E-state index in [0.29, 0.717) is 18.5 Å². The Morgan fingerprint density at radius 3 is 2.59 bits per heavy atom. The summed E-state index contributed by atoms with van der Waals surface area (Å²) < 4.78 is 1.74. The van der Waals surface area contributed by atoms with Crippen LogP contribution in [0.15, 0.2) is 42.7 Å². The molecule has 5 nitrogen and oxygen atoms in total. The number of carbonyl (C=O) groups is 1. The number of carbonyl (C=O) groups excluding carboxylic acids is 1. The summed E-state index contributed by atoms with van der Waals surface area (Å²) in [6, 6.07) is 9.15. The number of aliphatic hydroxyl groups is 1. The number of nitrogens with zero attached hydrogens (tertiary/aromatic N) is 2. The summed E-state index contributed by atoms with van der Waals surface area (Å²) in [7, 11) is 0. The van der Waals surface area contributed by atoms with Gasteiger partial charge in [0.25, 0.3) is 5.91 Å². The molecule has 2 rings (SSSR count). The Bertz CT molecular complexity index is 601. The van der Waals surface area contributed by atoms with Gasteiger partial charge in [0, 0.05) is 24.5 Å². The molecule has 0 aliphatic heterocycles. The van der Waals surface area contributed by atoms with E-state index in [1.54, 1.807) is 29.9 Å². The van der Waals surface area contributed by atoms with Gasteiger partial charge in [-0.15, -0.1) is 0 Å². The number of aliphatic hydroxyl groups excluding tert-OH is 1. The van der Waals surface area contributed by atoms with Gasteiger partial charge in [0.1, 0.15) is 0 Å². The van der Waals surface area contributed by atoms with E-state index in [9.17, 15) is 9.90 Å². The van der Waals surface area contributed by atoms with Crippen molar-refractivity contribution < 1.29 is 9.90 Å². The number of amides is 1. The fourth-order valence-electron chi connectivity index (χ4n) is 2.48. The third kappa shape index (κ3) is 4.43. The molecule has 0 fully saturated rings. The van der Waals surface area contributed by atoms with Gasteiger partial charge >= 0.3 is 0 Å². The maximum Gasteiger partial charge on any atom is 0.251 e. The lowest BCUT2D eigenvalue weighted by atomic mass is 9.87. The van der Waals surface area contributed by atoms with E-state index < -0.39 is 0 Å². The van der Waals surface area contributed by atoms with Crippen LogP contribution in [0.25, 0.3) is 5.69 Å². The van der Waals surface area contributed by atoms with Gasteiger partial charge in [0.15, 0.2) is 0 Å². The van der Waals surface area contributed by atoms with Gasteiger partial charge in [-0.3, -0.25) is 4.79 Å². The van der Waals surface area contributed by atoms with E-state index in [2.05, 4.69) is 10.4 Å². The van der Waals surface area contributed by atoms with Crippen molar-refractivity contribution in [2.24, 2.45) is 5.41 Å². The third-order valence-electron chi connectivity index (χ3n) is 3.47. The van der Waals surface area contributed by atoms with E-state index in [-0.39, 0.29) is 17.4 Å². The van der Waals surface area contributed by atoms with Gasteiger partial charge in [0.2, 0.25) is 0 Å². The van der Waals surface area contributed by atoms with Crippen LogP contribution in [0.5, 0.6) is 0 Å². The minimum Gasteiger partial charge on any atom is -0.393 e. The van der Waals surface area contributed by atoms with Gasteiger partial charge in [-0.05, 0) is 49.1 Å². The second kappa shape index (κ2) is 6.75. The molecule has 0 saturated heterocycles. The van der Waals surface area contributed by atoms with Crippen LogP contribution in [0.4, 0.5) is 0 Å². The molecule has 0 bridgehead atoms. The minimum absolute atomic E-state index is 0.106. The summed E-state index contributed by atoms with van der Waals surface area (Å²) in [5.41, 5.74) is 1.39. The fourth-order valence-corrected chi connectivity index (χ4v) is 2.48. The van der Waals surface area contributed by atoms with Crippen molar-refractivity contribution in [3.8, 4) is 5.69 Å². The fraction of sp³-hybridized carbons (Fsp3) is 0.412. The first-order chi connectivity index (χ1) is 10.4. The monoisotopic (exact) mass is 301 g/mol. The largest absolute Gasteiger partial charge is 0.393 e. The summed E-state index contributed by atoms with van der Waals surface area (Å²) in [5, 5.41) is 16.5. The average Bonchev–Trinajstić information content (AvgIpc) is 2.98. The molecule has 1 heterocycles. The number of rotatable bonds is 6. The Labute approximate surface area is 131 Å². The van der Waals surface area contributed by atoms with Crippen LogP contribution in [0.2, 0.25) is 0 Å². The Balaban J connectivity index is 1.96. The molecular formula is C17H23N3O2. The van der Waals surface area contributed by atoms with Crippen molar-refractivity contribution in [3.05, 3.63) is 48.3 Å². The molecule has 0 saturated carbocycles. The lowest BCUT2D eigenvalue weighted by Gasteiger charge is -2.26. The smallest absolute Gasteiger partial charge is 0.251 e. The SMILES string of the molecule is CC(O)CC(C)(C)CNC(=O)c1ccc(-n2cccn2)cc1. The number of hydrogen-bond donors (Lipinski definition) is 2. The first-order valence-electron chi connectivity index (χ1n) is 7.44. The minimum atomic E-state index is -0.375. The van der Waals surface area contributed by atoms with Crippen LogP contribution < -0.4 is 5.32 Å². The summed E-state index contributed by atoms with van der Waals surface area (Å²) in [6.07, 6.45) is 3.84. The van der Waals surface area contributed by atoms with Crippen LogP contribution >= 0.6 is 0 Å². The second-order valence-corrected chi connectivity index (χ2v) is 6.40. The molecule has 0 spiro atoms. The highest BCUT2D eigenvalue weighted by Gasteiger charge is 2.21. The standard InChI is InChI=1S/C17H23N3O2/c1-13(21)11-17(2,3)12-18-16(22)14-5-7-15(8-6-14)20-10-4-9-19-20/h4-10,13,21H,11-12H2,1-3H3,(H,18,22). The molecule has 22 heavy (non-hydrogen) atoms. The van der Waals surface area contributed by atoms with Crippen molar-refractivity contribution in [1.82, 2.24) is 15.1 Å². The number of aromatic nitrogens is 2. The summed E-state index contributed by atoms with van der Waals surface area (Å²) in [5.74, 6) is -0.106. The van der Waals surface area contributed by atoms with Gasteiger partial charge in [-0.25, -0.2) is 4.68 Å². The highest BCUT2D eigenvalue weighted by Crippen LogP contribution is 2.21. The van der Waals surface area contributed by atoms with E-state index >= 15 is 0 Å². The van der Waals surface area contributed by atoms with Crippen molar-refractivity contribution >= 4 is 5.91 Å². The Morgan fingerprint density at radius 2 is 2.05 bits per heavy atom. The second-order valence-electron chi connectivity index (χ2n) is 6.40. The molecule has 5 heteroatoms. The topological polar surface area (TPSA) is 67.2 Å². The van der Waals surface area contributed by atoms with Gasteiger partial charge < -0.3 is 10.4 Å². The van der Waals surface area contributed by atoms with Crippen LogP contribution in [0.1, 0.15) is 37.6 Å². The first kappa shape index (κ1) is 16.2. The van der Waals surface area contributed by atoms with Gasteiger partial charge in [0.05, 0.1) is 11.8 Å². The average molecular weight is 301 g/mol. The van der Waals surface area contributed by atoms with Gasteiger partial charge in [-0.1, -0.05) is 13.8 Å². The van der Waals surface area contributed by atoms with E-state index in [1.165, 1.54) is 0 Å². The lowest BCUT2D eigenvalue weighted by molar-refractivity contribution is 0.0902. The van der Waals surface area contributed by atoms with Crippen LogP contribution in [-0.4, -0.2) is 33.4 Å². The third-order valence-corrected chi connectivity index (χ3v) is 3.47. The van der Waals surface area contributed by atoms with Crippen molar-refractivity contribution in [3.63, 3.8) is 0 Å².